The summed E-state index contributed by atoms with van der Waals surface area (Å²) in [5, 5.41) is 12.1. The fraction of sp³-hybridized carbons (Fsp3) is 0.731. The van der Waals surface area contributed by atoms with Crippen LogP contribution in [0.25, 0.3) is 0 Å². The first kappa shape index (κ1) is 22.6. The molecule has 2 saturated carbocycles. The molecule has 7 nitrogen and oxygen atoms in total. The number of hydrogen-bond donors (Lipinski definition) is 2. The van der Waals surface area contributed by atoms with Gasteiger partial charge >= 0.3 is 5.97 Å². The van der Waals surface area contributed by atoms with Gasteiger partial charge in [0.1, 0.15) is 6.54 Å². The van der Waals surface area contributed by atoms with Gasteiger partial charge in [0.2, 0.25) is 5.91 Å². The smallest absolute Gasteiger partial charge is 0.322 e. The van der Waals surface area contributed by atoms with Gasteiger partial charge in [-0.25, -0.2) is 4.98 Å². The molecule has 33 heavy (non-hydrogen) atoms. The van der Waals surface area contributed by atoms with Gasteiger partial charge in [0, 0.05) is 37.3 Å². The van der Waals surface area contributed by atoms with Crippen molar-refractivity contribution in [3.63, 3.8) is 0 Å². The number of carbonyl (C=O) groups excluding carboxylic acids is 1. The summed E-state index contributed by atoms with van der Waals surface area (Å²) in [6.45, 7) is 1.41. The normalized spacial score (nSPS) is 33.8. The van der Waals surface area contributed by atoms with Crippen LogP contribution in [-0.2, 0) is 9.59 Å². The number of aromatic nitrogens is 1. The van der Waals surface area contributed by atoms with Crippen molar-refractivity contribution >= 4 is 23.4 Å². The first-order valence-corrected chi connectivity index (χ1v) is 13.0. The van der Waals surface area contributed by atoms with Crippen LogP contribution in [0, 0.1) is 11.8 Å². The number of nitrogens with one attached hydrogen (secondary N) is 1. The monoisotopic (exact) mass is 454 g/mol. The molecule has 1 aromatic heterocycles. The first-order chi connectivity index (χ1) is 16.0. The SMILES string of the molecule is CC(=O)N(c1ncccc1NCC(=O)O)C1C[C@H]2CCC[C@@H](C1)N2C1CC2CCCC(C2)C1. The molecule has 1 amide bonds. The summed E-state index contributed by atoms with van der Waals surface area (Å²) in [6, 6.07) is 5.50. The number of carbonyl (C=O) groups is 2. The second-order valence-electron chi connectivity index (χ2n) is 10.8. The standard InChI is InChI=1S/C26H38N4O3/c1-17(31)29(26-24(9-4-10-27-26)28-16-25(32)33)23-14-20-7-3-8-21(15-23)30(20)22-12-18-5-2-6-19(11-18)13-22/h4,9-10,18-23,28H,2-3,5-8,11-16H2,1H3,(H,32,33)/t18?,19?,20-,21+,22?,23?. The zero-order valence-corrected chi connectivity index (χ0v) is 19.8. The molecule has 2 aliphatic heterocycles. The van der Waals surface area contributed by atoms with E-state index in [9.17, 15) is 9.59 Å². The van der Waals surface area contributed by atoms with Crippen LogP contribution in [-0.4, -0.2) is 57.6 Å². The van der Waals surface area contributed by atoms with Crippen LogP contribution in [0.5, 0.6) is 0 Å². The van der Waals surface area contributed by atoms with E-state index in [1.807, 2.05) is 11.0 Å². The Hall–Kier alpha value is -2.15. The van der Waals surface area contributed by atoms with Crippen LogP contribution in [0.15, 0.2) is 18.3 Å². The van der Waals surface area contributed by atoms with E-state index in [2.05, 4.69) is 15.2 Å². The molecule has 2 aliphatic carbocycles. The third-order valence-corrected chi connectivity index (χ3v) is 8.68. The van der Waals surface area contributed by atoms with Crippen LogP contribution in [0.4, 0.5) is 11.5 Å². The fourth-order valence-electron chi connectivity index (χ4n) is 7.61. The van der Waals surface area contributed by atoms with E-state index in [4.69, 9.17) is 5.11 Å². The van der Waals surface area contributed by atoms with Gasteiger partial charge in [-0.2, -0.15) is 0 Å². The maximum Gasteiger partial charge on any atom is 0.322 e. The second-order valence-corrected chi connectivity index (χ2v) is 10.8. The van der Waals surface area contributed by atoms with E-state index in [1.165, 1.54) is 57.8 Å². The minimum atomic E-state index is -0.931. The number of carboxylic acid groups (broad SMARTS) is 1. The summed E-state index contributed by atoms with van der Waals surface area (Å²) in [4.78, 5) is 33.3. The predicted molar refractivity (Wildman–Crippen MR) is 128 cm³/mol. The minimum Gasteiger partial charge on any atom is -0.480 e. The number of piperidine rings is 2. The van der Waals surface area contributed by atoms with E-state index in [-0.39, 0.29) is 18.5 Å². The lowest BCUT2D eigenvalue weighted by Gasteiger charge is -2.56. The molecular formula is C26H38N4O3. The van der Waals surface area contributed by atoms with Gasteiger partial charge in [-0.1, -0.05) is 25.7 Å². The number of amides is 1. The Morgan fingerprint density at radius 1 is 1.03 bits per heavy atom. The molecule has 180 valence electrons. The van der Waals surface area contributed by atoms with Gasteiger partial charge in [0.25, 0.3) is 0 Å². The molecule has 2 saturated heterocycles. The van der Waals surface area contributed by atoms with E-state index < -0.39 is 5.97 Å². The summed E-state index contributed by atoms with van der Waals surface area (Å²) >= 11 is 0. The van der Waals surface area contributed by atoms with Gasteiger partial charge < -0.3 is 10.4 Å². The molecule has 1 aromatic rings. The molecule has 4 aliphatic rings. The Balaban J connectivity index is 1.36. The molecular weight excluding hydrogens is 416 g/mol. The lowest BCUT2D eigenvalue weighted by atomic mass is 9.68. The first-order valence-electron chi connectivity index (χ1n) is 13.0. The highest BCUT2D eigenvalue weighted by Gasteiger charge is 2.46. The summed E-state index contributed by atoms with van der Waals surface area (Å²) in [5.74, 6) is 1.46. The molecule has 4 fully saturated rings. The highest BCUT2D eigenvalue weighted by Crippen LogP contribution is 2.46. The van der Waals surface area contributed by atoms with Crippen LogP contribution in [0.3, 0.4) is 0 Å². The third kappa shape index (κ3) is 4.75. The largest absolute Gasteiger partial charge is 0.480 e. The lowest BCUT2D eigenvalue weighted by molar-refractivity contribution is -0.135. The Bertz CT molecular complexity index is 851. The summed E-state index contributed by atoms with van der Waals surface area (Å²) in [6.07, 6.45) is 15.8. The predicted octanol–water partition coefficient (Wildman–Crippen LogP) is 4.29. The van der Waals surface area contributed by atoms with E-state index in [1.54, 1.807) is 19.2 Å². The highest BCUT2D eigenvalue weighted by atomic mass is 16.4. The van der Waals surface area contributed by atoms with E-state index >= 15 is 0 Å². The van der Waals surface area contributed by atoms with Gasteiger partial charge in [0.05, 0.1) is 5.69 Å². The number of rotatable bonds is 6. The Kier molecular flexibility index (Phi) is 6.59. The number of carboxylic acids is 1. The fourth-order valence-corrected chi connectivity index (χ4v) is 7.61. The average molecular weight is 455 g/mol. The molecule has 3 heterocycles. The van der Waals surface area contributed by atoms with Gasteiger partial charge in [-0.05, 0) is 68.9 Å². The molecule has 0 spiro atoms. The second kappa shape index (κ2) is 9.61. The molecule has 5 atom stereocenters. The minimum absolute atomic E-state index is 0.0178. The van der Waals surface area contributed by atoms with Crippen molar-refractivity contribution in [3.8, 4) is 0 Å². The van der Waals surface area contributed by atoms with Crippen molar-refractivity contribution < 1.29 is 14.7 Å². The van der Waals surface area contributed by atoms with Gasteiger partial charge in [-0.3, -0.25) is 19.4 Å². The zero-order valence-electron chi connectivity index (χ0n) is 19.8. The van der Waals surface area contributed by atoms with Crippen molar-refractivity contribution in [2.75, 3.05) is 16.8 Å². The molecule has 4 bridgehead atoms. The molecule has 0 radical (unpaired) electrons. The van der Waals surface area contributed by atoms with Crippen molar-refractivity contribution in [1.29, 1.82) is 0 Å². The summed E-state index contributed by atoms with van der Waals surface area (Å²) in [7, 11) is 0. The summed E-state index contributed by atoms with van der Waals surface area (Å²) < 4.78 is 0. The van der Waals surface area contributed by atoms with Crippen LogP contribution in [0.2, 0.25) is 0 Å². The Morgan fingerprint density at radius 3 is 2.33 bits per heavy atom. The number of anilines is 2. The number of fused-ring (bicyclic) bond motifs is 4. The average Bonchev–Trinajstić information content (AvgIpc) is 2.77. The molecule has 3 unspecified atom stereocenters. The number of hydrogen-bond acceptors (Lipinski definition) is 5. The van der Waals surface area contributed by atoms with E-state index in [0.29, 0.717) is 23.6 Å². The maximum atomic E-state index is 12.9. The van der Waals surface area contributed by atoms with Crippen LogP contribution >= 0.6 is 0 Å². The van der Waals surface area contributed by atoms with Crippen molar-refractivity contribution in [2.45, 2.75) is 102 Å². The number of nitrogens with zero attached hydrogens (tertiary/aromatic N) is 3. The molecule has 2 N–H and O–H groups in total. The maximum absolute atomic E-state index is 12.9. The van der Waals surface area contributed by atoms with Crippen LogP contribution in [0.1, 0.15) is 77.6 Å². The Labute approximate surface area is 196 Å². The summed E-state index contributed by atoms with van der Waals surface area (Å²) in [5.41, 5.74) is 0.614. The highest BCUT2D eigenvalue weighted by molar-refractivity contribution is 5.94. The van der Waals surface area contributed by atoms with Crippen molar-refractivity contribution in [3.05, 3.63) is 18.3 Å². The third-order valence-electron chi connectivity index (χ3n) is 8.68. The topological polar surface area (TPSA) is 85.8 Å². The van der Waals surface area contributed by atoms with E-state index in [0.717, 1.165) is 30.7 Å². The number of pyridine rings is 1. The molecule has 7 heteroatoms. The van der Waals surface area contributed by atoms with Gasteiger partial charge in [0.15, 0.2) is 5.82 Å². The Morgan fingerprint density at radius 2 is 1.70 bits per heavy atom. The molecule has 5 rings (SSSR count). The quantitative estimate of drug-likeness (QED) is 0.667. The molecule has 0 aromatic carbocycles. The number of aliphatic carboxylic acids is 1. The zero-order chi connectivity index (χ0) is 22.9. The van der Waals surface area contributed by atoms with Crippen molar-refractivity contribution in [1.82, 2.24) is 9.88 Å². The van der Waals surface area contributed by atoms with Crippen molar-refractivity contribution in [2.24, 2.45) is 11.8 Å². The lowest BCUT2D eigenvalue weighted by Crippen LogP contribution is -2.61. The van der Waals surface area contributed by atoms with Crippen LogP contribution < -0.4 is 10.2 Å². The van der Waals surface area contributed by atoms with Gasteiger partial charge in [-0.15, -0.1) is 0 Å².